The number of alkyl carbamates (subject to hydrolysis) is 1. The monoisotopic (exact) mass is 303 g/mol. The zero-order chi connectivity index (χ0) is 16.3. The second-order valence-electron chi connectivity index (χ2n) is 6.12. The van der Waals surface area contributed by atoms with Crippen molar-refractivity contribution >= 4 is 28.6 Å². The van der Waals surface area contributed by atoms with Gasteiger partial charge in [0.2, 0.25) is 5.91 Å². The van der Waals surface area contributed by atoms with Crippen molar-refractivity contribution in [3.05, 3.63) is 30.0 Å². The third-order valence-electron chi connectivity index (χ3n) is 2.87. The molecule has 0 aliphatic heterocycles. The lowest BCUT2D eigenvalue weighted by molar-refractivity contribution is -0.115. The summed E-state index contributed by atoms with van der Waals surface area (Å²) < 4.78 is 5.08. The number of amides is 2. The maximum Gasteiger partial charge on any atom is 0.408 e. The minimum atomic E-state index is -0.613. The molecule has 2 amide bonds. The van der Waals surface area contributed by atoms with Crippen molar-refractivity contribution in [3.63, 3.8) is 0 Å². The van der Waals surface area contributed by atoms with Gasteiger partial charge in [0.1, 0.15) is 12.1 Å². The van der Waals surface area contributed by atoms with Gasteiger partial charge in [0.15, 0.2) is 0 Å². The summed E-state index contributed by atoms with van der Waals surface area (Å²) in [4.78, 5) is 26.7. The van der Waals surface area contributed by atoms with Gasteiger partial charge in [-0.3, -0.25) is 4.79 Å². The van der Waals surface area contributed by atoms with Gasteiger partial charge in [-0.05, 0) is 45.9 Å². The average Bonchev–Trinajstić information content (AvgIpc) is 2.76. The Labute approximate surface area is 129 Å². The topological polar surface area (TPSA) is 83.2 Å². The number of anilines is 1. The summed E-state index contributed by atoms with van der Waals surface area (Å²) in [5, 5.41) is 6.15. The van der Waals surface area contributed by atoms with Crippen LogP contribution in [0.2, 0.25) is 0 Å². The molecule has 118 valence electrons. The van der Waals surface area contributed by atoms with Gasteiger partial charge in [-0.15, -0.1) is 0 Å². The van der Waals surface area contributed by atoms with Gasteiger partial charge >= 0.3 is 6.09 Å². The van der Waals surface area contributed by atoms with Crippen LogP contribution in [0, 0.1) is 6.92 Å². The fourth-order valence-electron chi connectivity index (χ4n) is 2.06. The molecule has 6 nitrogen and oxygen atoms in total. The zero-order valence-corrected chi connectivity index (χ0v) is 13.2. The first kappa shape index (κ1) is 15.9. The van der Waals surface area contributed by atoms with Crippen molar-refractivity contribution in [2.75, 3.05) is 11.9 Å². The van der Waals surface area contributed by atoms with Crippen LogP contribution in [0.15, 0.2) is 24.3 Å². The van der Waals surface area contributed by atoms with Crippen LogP contribution in [-0.4, -0.2) is 29.1 Å². The third-order valence-corrected chi connectivity index (χ3v) is 2.87. The molecular weight excluding hydrogens is 282 g/mol. The Balaban J connectivity index is 1.95. The largest absolute Gasteiger partial charge is 0.444 e. The van der Waals surface area contributed by atoms with Gasteiger partial charge in [0.05, 0.1) is 5.69 Å². The molecule has 6 heteroatoms. The molecular formula is C16H21N3O3. The molecule has 0 bridgehead atoms. The number of carbonyl (C=O) groups is 2. The molecule has 0 radical (unpaired) electrons. The zero-order valence-electron chi connectivity index (χ0n) is 13.2. The second kappa shape index (κ2) is 6.09. The second-order valence-corrected chi connectivity index (χ2v) is 6.12. The lowest BCUT2D eigenvalue weighted by Crippen LogP contribution is -2.37. The number of hydrogen-bond acceptors (Lipinski definition) is 3. The van der Waals surface area contributed by atoms with E-state index in [2.05, 4.69) is 15.6 Å². The van der Waals surface area contributed by atoms with Gasteiger partial charge in [0, 0.05) is 16.6 Å². The highest BCUT2D eigenvalue weighted by Crippen LogP contribution is 2.23. The highest BCUT2D eigenvalue weighted by Gasteiger charge is 2.16. The maximum absolute atomic E-state index is 11.9. The van der Waals surface area contributed by atoms with E-state index in [1.54, 1.807) is 20.8 Å². The fraction of sp³-hybridized carbons (Fsp3) is 0.375. The molecule has 0 saturated carbocycles. The summed E-state index contributed by atoms with van der Waals surface area (Å²) >= 11 is 0. The Morgan fingerprint density at radius 3 is 2.68 bits per heavy atom. The number of nitrogens with one attached hydrogen (secondary N) is 3. The van der Waals surface area contributed by atoms with Gasteiger partial charge in [-0.2, -0.15) is 0 Å². The summed E-state index contributed by atoms with van der Waals surface area (Å²) in [7, 11) is 0. The quantitative estimate of drug-likeness (QED) is 0.815. The van der Waals surface area contributed by atoms with Crippen LogP contribution in [0.25, 0.3) is 10.9 Å². The third kappa shape index (κ3) is 4.25. The molecule has 2 rings (SSSR count). The van der Waals surface area contributed by atoms with Crippen LogP contribution < -0.4 is 10.6 Å². The predicted molar refractivity (Wildman–Crippen MR) is 85.9 cm³/mol. The molecule has 0 spiro atoms. The van der Waals surface area contributed by atoms with E-state index in [9.17, 15) is 9.59 Å². The predicted octanol–water partition coefficient (Wildman–Crippen LogP) is 2.94. The number of aromatic nitrogens is 1. The minimum Gasteiger partial charge on any atom is -0.444 e. The number of hydrogen-bond donors (Lipinski definition) is 3. The first-order chi connectivity index (χ1) is 10.2. The molecule has 1 aromatic carbocycles. The van der Waals surface area contributed by atoms with Gasteiger partial charge < -0.3 is 20.4 Å². The Bertz CT molecular complexity index is 698. The SMILES string of the molecule is Cc1cc2c(NC(=O)CNC(=O)OC(C)(C)C)cccc2[nH]1. The smallest absolute Gasteiger partial charge is 0.408 e. The Hall–Kier alpha value is -2.50. The molecule has 22 heavy (non-hydrogen) atoms. The summed E-state index contributed by atoms with van der Waals surface area (Å²) in [6, 6.07) is 7.58. The van der Waals surface area contributed by atoms with Crippen molar-refractivity contribution in [2.45, 2.75) is 33.3 Å². The molecule has 2 aromatic rings. The van der Waals surface area contributed by atoms with Crippen LogP contribution in [0.3, 0.4) is 0 Å². The Morgan fingerprint density at radius 1 is 1.27 bits per heavy atom. The molecule has 0 saturated heterocycles. The van der Waals surface area contributed by atoms with Crippen LogP contribution in [0.4, 0.5) is 10.5 Å². The number of rotatable bonds is 3. The van der Waals surface area contributed by atoms with E-state index in [0.29, 0.717) is 5.69 Å². The number of aryl methyl sites for hydroxylation is 1. The minimum absolute atomic E-state index is 0.144. The standard InChI is InChI=1S/C16H21N3O3/c1-10-8-11-12(18-10)6-5-7-13(11)19-14(20)9-17-15(21)22-16(2,3)4/h5-8,18H,9H2,1-4H3,(H,17,21)(H,19,20). The number of H-pyrrole nitrogens is 1. The molecule has 3 N–H and O–H groups in total. The van der Waals surface area contributed by atoms with Crippen molar-refractivity contribution < 1.29 is 14.3 Å². The van der Waals surface area contributed by atoms with E-state index in [4.69, 9.17) is 4.74 Å². The van der Waals surface area contributed by atoms with E-state index in [1.165, 1.54) is 0 Å². The number of carbonyl (C=O) groups excluding carboxylic acids is 2. The van der Waals surface area contributed by atoms with E-state index in [0.717, 1.165) is 16.6 Å². The molecule has 1 heterocycles. The van der Waals surface area contributed by atoms with Crippen molar-refractivity contribution in [1.82, 2.24) is 10.3 Å². The van der Waals surface area contributed by atoms with Gasteiger partial charge in [-0.1, -0.05) is 6.07 Å². The summed E-state index contributed by atoms with van der Waals surface area (Å²) in [6.45, 7) is 7.11. The van der Waals surface area contributed by atoms with Crippen LogP contribution >= 0.6 is 0 Å². The highest BCUT2D eigenvalue weighted by molar-refractivity contribution is 6.02. The van der Waals surface area contributed by atoms with Crippen LogP contribution in [0.5, 0.6) is 0 Å². The summed E-state index contributed by atoms with van der Waals surface area (Å²) in [5.41, 5.74) is 2.09. The fourth-order valence-corrected chi connectivity index (χ4v) is 2.06. The van der Waals surface area contributed by atoms with Gasteiger partial charge in [-0.25, -0.2) is 4.79 Å². The van der Waals surface area contributed by atoms with E-state index in [1.807, 2.05) is 31.2 Å². The molecule has 0 atom stereocenters. The normalized spacial score (nSPS) is 11.3. The van der Waals surface area contributed by atoms with E-state index >= 15 is 0 Å². The number of benzene rings is 1. The molecule has 0 aliphatic rings. The summed E-state index contributed by atoms with van der Waals surface area (Å²) in [5.74, 6) is -0.308. The maximum atomic E-state index is 11.9. The lowest BCUT2D eigenvalue weighted by atomic mass is 10.2. The first-order valence-corrected chi connectivity index (χ1v) is 7.09. The number of aromatic amines is 1. The van der Waals surface area contributed by atoms with Gasteiger partial charge in [0.25, 0.3) is 0 Å². The van der Waals surface area contributed by atoms with E-state index < -0.39 is 11.7 Å². The molecule has 1 aromatic heterocycles. The van der Waals surface area contributed by atoms with Crippen molar-refractivity contribution in [2.24, 2.45) is 0 Å². The number of ether oxygens (including phenoxy) is 1. The van der Waals surface area contributed by atoms with Crippen molar-refractivity contribution in [1.29, 1.82) is 0 Å². The highest BCUT2D eigenvalue weighted by atomic mass is 16.6. The summed E-state index contributed by atoms with van der Waals surface area (Å²) in [6.07, 6.45) is -0.613. The molecule has 0 aliphatic carbocycles. The average molecular weight is 303 g/mol. The Kier molecular flexibility index (Phi) is 4.40. The van der Waals surface area contributed by atoms with Crippen LogP contribution in [0.1, 0.15) is 26.5 Å². The first-order valence-electron chi connectivity index (χ1n) is 7.09. The van der Waals surface area contributed by atoms with Crippen molar-refractivity contribution in [3.8, 4) is 0 Å². The lowest BCUT2D eigenvalue weighted by Gasteiger charge is -2.19. The van der Waals surface area contributed by atoms with Crippen LogP contribution in [-0.2, 0) is 9.53 Å². The Morgan fingerprint density at radius 2 is 2.00 bits per heavy atom. The van der Waals surface area contributed by atoms with E-state index in [-0.39, 0.29) is 12.5 Å². The molecule has 0 fully saturated rings. The number of fused-ring (bicyclic) bond motifs is 1. The molecule has 0 unspecified atom stereocenters.